The highest BCUT2D eigenvalue weighted by Crippen LogP contribution is 2.20. The fourth-order valence-corrected chi connectivity index (χ4v) is 1.90. The van der Waals surface area contributed by atoms with E-state index in [1.807, 2.05) is 31.6 Å². The van der Waals surface area contributed by atoms with Crippen molar-refractivity contribution in [3.8, 4) is 5.75 Å². The van der Waals surface area contributed by atoms with E-state index in [1.165, 1.54) is 5.69 Å². The van der Waals surface area contributed by atoms with Gasteiger partial charge in [-0.15, -0.1) is 0 Å². The Labute approximate surface area is 107 Å². The molecule has 0 unspecified atom stereocenters. The molecule has 0 spiro atoms. The second kappa shape index (κ2) is 5.58. The van der Waals surface area contributed by atoms with E-state index in [0.29, 0.717) is 5.75 Å². The van der Waals surface area contributed by atoms with Crippen molar-refractivity contribution in [3.63, 3.8) is 0 Å². The van der Waals surface area contributed by atoms with Gasteiger partial charge in [-0.05, 0) is 37.1 Å². The minimum absolute atomic E-state index is 0.330. The molecular formula is C14H19N3O. The van der Waals surface area contributed by atoms with Crippen molar-refractivity contribution in [2.45, 2.75) is 33.4 Å². The molecule has 1 aromatic heterocycles. The molecular weight excluding hydrogens is 226 g/mol. The Morgan fingerprint density at radius 2 is 2.22 bits per heavy atom. The van der Waals surface area contributed by atoms with Crippen molar-refractivity contribution in [2.75, 3.05) is 5.32 Å². The van der Waals surface area contributed by atoms with E-state index < -0.39 is 0 Å². The second-order valence-corrected chi connectivity index (χ2v) is 4.43. The van der Waals surface area contributed by atoms with Gasteiger partial charge in [0.2, 0.25) is 0 Å². The molecule has 0 radical (unpaired) electrons. The van der Waals surface area contributed by atoms with Gasteiger partial charge in [0.05, 0.1) is 18.6 Å². The van der Waals surface area contributed by atoms with Gasteiger partial charge in [0.15, 0.2) is 0 Å². The number of aromatic nitrogens is 2. The zero-order valence-corrected chi connectivity index (χ0v) is 10.8. The molecule has 0 amide bonds. The highest BCUT2D eigenvalue weighted by molar-refractivity contribution is 5.50. The number of nitrogens with one attached hydrogen (secondary N) is 1. The van der Waals surface area contributed by atoms with Gasteiger partial charge < -0.3 is 15.0 Å². The number of aromatic hydroxyl groups is 1. The van der Waals surface area contributed by atoms with Crippen LogP contribution in [0.4, 0.5) is 5.69 Å². The number of imidazole rings is 1. The average molecular weight is 245 g/mol. The summed E-state index contributed by atoms with van der Waals surface area (Å²) in [7, 11) is 0. The second-order valence-electron chi connectivity index (χ2n) is 4.43. The predicted molar refractivity (Wildman–Crippen MR) is 72.7 cm³/mol. The molecule has 96 valence electrons. The van der Waals surface area contributed by atoms with Crippen molar-refractivity contribution in [1.82, 2.24) is 9.55 Å². The fraction of sp³-hybridized carbons (Fsp3) is 0.357. The zero-order valence-electron chi connectivity index (χ0n) is 10.8. The molecule has 4 nitrogen and oxygen atoms in total. The van der Waals surface area contributed by atoms with Gasteiger partial charge >= 0.3 is 0 Å². The molecule has 1 heterocycles. The van der Waals surface area contributed by atoms with Crippen LogP contribution in [0.15, 0.2) is 30.7 Å². The zero-order chi connectivity index (χ0) is 13.0. The fourth-order valence-electron chi connectivity index (χ4n) is 1.90. The Bertz CT molecular complexity index is 520. The topological polar surface area (TPSA) is 50.1 Å². The Kier molecular flexibility index (Phi) is 3.87. The molecule has 0 aliphatic heterocycles. The molecule has 18 heavy (non-hydrogen) atoms. The van der Waals surface area contributed by atoms with Gasteiger partial charge in [-0.2, -0.15) is 0 Å². The van der Waals surface area contributed by atoms with Crippen molar-refractivity contribution < 1.29 is 5.11 Å². The number of hydrogen-bond donors (Lipinski definition) is 2. The van der Waals surface area contributed by atoms with Crippen LogP contribution in [0.5, 0.6) is 5.75 Å². The third-order valence-electron chi connectivity index (χ3n) is 2.93. The first-order valence-corrected chi connectivity index (χ1v) is 6.23. The van der Waals surface area contributed by atoms with Crippen LogP contribution >= 0.6 is 0 Å². The van der Waals surface area contributed by atoms with Crippen molar-refractivity contribution in [3.05, 3.63) is 42.0 Å². The molecule has 4 heteroatoms. The van der Waals surface area contributed by atoms with E-state index in [1.54, 1.807) is 6.07 Å². The highest BCUT2D eigenvalue weighted by atomic mass is 16.3. The molecule has 0 aliphatic carbocycles. The van der Waals surface area contributed by atoms with Gasteiger partial charge in [-0.25, -0.2) is 4.98 Å². The van der Waals surface area contributed by atoms with Gasteiger partial charge in [0, 0.05) is 18.4 Å². The molecule has 0 fully saturated rings. The third-order valence-corrected chi connectivity index (χ3v) is 2.93. The summed E-state index contributed by atoms with van der Waals surface area (Å²) in [5.41, 5.74) is 3.05. The largest absolute Gasteiger partial charge is 0.508 e. The summed E-state index contributed by atoms with van der Waals surface area (Å²) in [6.07, 6.45) is 4.85. The maximum atomic E-state index is 9.47. The molecule has 0 saturated carbocycles. The molecule has 1 aromatic carbocycles. The molecule has 2 rings (SSSR count). The number of hydrogen-bond acceptors (Lipinski definition) is 3. The summed E-state index contributed by atoms with van der Waals surface area (Å²) in [4.78, 5) is 4.17. The minimum atomic E-state index is 0.330. The maximum absolute atomic E-state index is 9.47. The van der Waals surface area contributed by atoms with Crippen LogP contribution in [0.1, 0.15) is 24.6 Å². The van der Waals surface area contributed by atoms with Gasteiger partial charge in [-0.1, -0.05) is 6.92 Å². The van der Waals surface area contributed by atoms with E-state index in [4.69, 9.17) is 0 Å². The lowest BCUT2D eigenvalue weighted by Gasteiger charge is -2.10. The van der Waals surface area contributed by atoms with Crippen LogP contribution in [0, 0.1) is 6.92 Å². The van der Waals surface area contributed by atoms with E-state index in [-0.39, 0.29) is 0 Å². The highest BCUT2D eigenvalue weighted by Gasteiger charge is 2.02. The SMILES string of the molecule is CCCn1cncc1CNc1ccc(O)c(C)c1. The Morgan fingerprint density at radius 1 is 1.39 bits per heavy atom. The number of phenolic OH excluding ortho intramolecular Hbond substituents is 1. The maximum Gasteiger partial charge on any atom is 0.118 e. The monoisotopic (exact) mass is 245 g/mol. The average Bonchev–Trinajstić information content (AvgIpc) is 2.79. The van der Waals surface area contributed by atoms with Crippen LogP contribution < -0.4 is 5.32 Å². The molecule has 0 atom stereocenters. The molecule has 0 aliphatic rings. The number of aryl methyl sites for hydroxylation is 2. The first-order chi connectivity index (χ1) is 8.70. The lowest BCUT2D eigenvalue weighted by Crippen LogP contribution is -2.06. The van der Waals surface area contributed by atoms with E-state index in [9.17, 15) is 5.11 Å². The summed E-state index contributed by atoms with van der Waals surface area (Å²) in [5.74, 6) is 0.330. The smallest absolute Gasteiger partial charge is 0.118 e. The minimum Gasteiger partial charge on any atom is -0.508 e. The Hall–Kier alpha value is -1.97. The Balaban J connectivity index is 2.02. The molecule has 2 N–H and O–H groups in total. The number of nitrogens with zero attached hydrogens (tertiary/aromatic N) is 2. The van der Waals surface area contributed by atoms with Crippen molar-refractivity contribution >= 4 is 5.69 Å². The molecule has 2 aromatic rings. The predicted octanol–water partition coefficient (Wildman–Crippen LogP) is 2.92. The van der Waals surface area contributed by atoms with Crippen molar-refractivity contribution in [2.24, 2.45) is 0 Å². The molecule has 0 saturated heterocycles. The van der Waals surface area contributed by atoms with Crippen LogP contribution in [-0.4, -0.2) is 14.7 Å². The number of benzene rings is 1. The van der Waals surface area contributed by atoms with Crippen LogP contribution in [0.25, 0.3) is 0 Å². The number of phenols is 1. The number of rotatable bonds is 5. The van der Waals surface area contributed by atoms with Gasteiger partial charge in [0.1, 0.15) is 5.75 Å². The van der Waals surface area contributed by atoms with Gasteiger partial charge in [-0.3, -0.25) is 0 Å². The Morgan fingerprint density at radius 3 is 2.94 bits per heavy atom. The standard InChI is InChI=1S/C14H19N3O/c1-3-6-17-10-15-8-13(17)9-16-12-4-5-14(18)11(2)7-12/h4-5,7-8,10,16,18H,3,6,9H2,1-2H3. The van der Waals surface area contributed by atoms with E-state index >= 15 is 0 Å². The summed E-state index contributed by atoms with van der Waals surface area (Å²) < 4.78 is 2.15. The first-order valence-electron chi connectivity index (χ1n) is 6.23. The first kappa shape index (κ1) is 12.5. The molecule has 0 bridgehead atoms. The quantitative estimate of drug-likeness (QED) is 0.796. The third kappa shape index (κ3) is 2.83. The summed E-state index contributed by atoms with van der Waals surface area (Å²) >= 11 is 0. The number of anilines is 1. The van der Waals surface area contributed by atoms with Crippen LogP contribution in [-0.2, 0) is 13.1 Å². The van der Waals surface area contributed by atoms with Gasteiger partial charge in [0.25, 0.3) is 0 Å². The van der Waals surface area contributed by atoms with Crippen molar-refractivity contribution in [1.29, 1.82) is 0 Å². The normalized spacial score (nSPS) is 10.6. The lowest BCUT2D eigenvalue weighted by molar-refractivity contribution is 0.471. The van der Waals surface area contributed by atoms with Crippen LogP contribution in [0.3, 0.4) is 0 Å². The lowest BCUT2D eigenvalue weighted by atomic mass is 10.2. The van der Waals surface area contributed by atoms with E-state index in [2.05, 4.69) is 21.8 Å². The van der Waals surface area contributed by atoms with E-state index in [0.717, 1.165) is 30.8 Å². The summed E-state index contributed by atoms with van der Waals surface area (Å²) in [6, 6.07) is 5.53. The summed E-state index contributed by atoms with van der Waals surface area (Å²) in [6.45, 7) is 5.78. The van der Waals surface area contributed by atoms with Crippen LogP contribution in [0.2, 0.25) is 0 Å². The summed E-state index contributed by atoms with van der Waals surface area (Å²) in [5, 5.41) is 12.8.